The molecule has 0 fully saturated rings. The first-order valence-electron chi connectivity index (χ1n) is 4.66. The smallest absolute Gasteiger partial charge is 0.329 e. The first kappa shape index (κ1) is 13.3. The average Bonchev–Trinajstić information content (AvgIpc) is 2.21. The van der Waals surface area contributed by atoms with Crippen LogP contribution in [0.15, 0.2) is 18.2 Å². The van der Waals surface area contributed by atoms with Gasteiger partial charge in [0.25, 0.3) is 0 Å². The molecule has 2 N–H and O–H groups in total. The molecule has 7 heteroatoms. The molecule has 1 aromatic rings. The molecular weight excluding hydrogens is 240 g/mol. The van der Waals surface area contributed by atoms with E-state index in [0.29, 0.717) is 0 Å². The van der Waals surface area contributed by atoms with Crippen LogP contribution in [0.4, 0.5) is 28.0 Å². The van der Waals surface area contributed by atoms with Crippen molar-refractivity contribution in [2.45, 2.75) is 13.1 Å². The molecule has 0 saturated heterocycles. The van der Waals surface area contributed by atoms with Crippen LogP contribution in [0.1, 0.15) is 5.56 Å². The number of carbonyl (C=O) groups is 1. The van der Waals surface area contributed by atoms with Crippen molar-refractivity contribution >= 4 is 11.7 Å². The van der Waals surface area contributed by atoms with Crippen LogP contribution in [0, 0.1) is 12.7 Å². The molecule has 0 bridgehead atoms. The molecule has 0 spiro atoms. The van der Waals surface area contributed by atoms with Gasteiger partial charge in [0.05, 0.1) is 0 Å². The minimum atomic E-state index is -4.48. The normalized spacial score (nSPS) is 11.1. The lowest BCUT2D eigenvalue weighted by Gasteiger charge is -2.11. The molecule has 0 aliphatic rings. The van der Waals surface area contributed by atoms with Crippen LogP contribution < -0.4 is 10.6 Å². The van der Waals surface area contributed by atoms with Gasteiger partial charge in [-0.2, -0.15) is 13.2 Å². The van der Waals surface area contributed by atoms with Crippen molar-refractivity contribution in [2.75, 3.05) is 11.9 Å². The Bertz CT molecular complexity index is 417. The highest BCUT2D eigenvalue weighted by Crippen LogP contribution is 2.17. The van der Waals surface area contributed by atoms with Crippen LogP contribution in [0.3, 0.4) is 0 Å². The van der Waals surface area contributed by atoms with Gasteiger partial charge in [-0.15, -0.1) is 0 Å². The van der Waals surface area contributed by atoms with E-state index in [0.717, 1.165) is 0 Å². The van der Waals surface area contributed by atoms with E-state index in [1.807, 2.05) is 0 Å². The van der Waals surface area contributed by atoms with Crippen molar-refractivity contribution in [1.29, 1.82) is 0 Å². The zero-order chi connectivity index (χ0) is 13.1. The molecule has 0 unspecified atom stereocenters. The van der Waals surface area contributed by atoms with Gasteiger partial charge in [-0.3, -0.25) is 0 Å². The number of carbonyl (C=O) groups excluding carboxylic acids is 1. The number of nitrogens with one attached hydrogen (secondary N) is 2. The third-order valence-electron chi connectivity index (χ3n) is 1.97. The summed E-state index contributed by atoms with van der Waals surface area (Å²) < 4.78 is 48.4. The maximum atomic E-state index is 13.1. The molecule has 0 aromatic heterocycles. The predicted molar refractivity (Wildman–Crippen MR) is 54.2 cm³/mol. The Morgan fingerprint density at radius 2 is 2.00 bits per heavy atom. The highest BCUT2D eigenvalue weighted by atomic mass is 19.4. The molecular formula is C10H10F4N2O. The first-order chi connectivity index (χ1) is 7.79. The Labute approximate surface area is 94.8 Å². The second-order valence-electron chi connectivity index (χ2n) is 3.34. The highest BCUT2D eigenvalue weighted by molar-refractivity contribution is 5.90. The topological polar surface area (TPSA) is 41.1 Å². The van der Waals surface area contributed by atoms with Crippen LogP contribution in [0.25, 0.3) is 0 Å². The van der Waals surface area contributed by atoms with Crippen molar-refractivity contribution in [3.8, 4) is 0 Å². The van der Waals surface area contributed by atoms with E-state index < -0.39 is 24.6 Å². The molecule has 0 saturated carbocycles. The first-order valence-corrected chi connectivity index (χ1v) is 4.66. The van der Waals surface area contributed by atoms with E-state index in [-0.39, 0.29) is 11.3 Å². The minimum absolute atomic E-state index is 0.129. The fourth-order valence-corrected chi connectivity index (χ4v) is 1.09. The number of hydrogen-bond donors (Lipinski definition) is 2. The summed E-state index contributed by atoms with van der Waals surface area (Å²) >= 11 is 0. The van der Waals surface area contributed by atoms with Crippen LogP contribution in [0.2, 0.25) is 0 Å². The van der Waals surface area contributed by atoms with Gasteiger partial charge >= 0.3 is 12.2 Å². The molecule has 17 heavy (non-hydrogen) atoms. The number of rotatable bonds is 2. The predicted octanol–water partition coefficient (Wildman–Crippen LogP) is 2.82. The quantitative estimate of drug-likeness (QED) is 0.778. The third kappa shape index (κ3) is 4.29. The summed E-state index contributed by atoms with van der Waals surface area (Å²) in [5.74, 6) is -0.543. The minimum Gasteiger partial charge on any atom is -0.329 e. The Morgan fingerprint density at radius 1 is 1.35 bits per heavy atom. The maximum Gasteiger partial charge on any atom is 0.405 e. The fourth-order valence-electron chi connectivity index (χ4n) is 1.09. The highest BCUT2D eigenvalue weighted by Gasteiger charge is 2.27. The van der Waals surface area contributed by atoms with Crippen LogP contribution in [-0.2, 0) is 0 Å². The number of halogens is 4. The molecule has 2 amide bonds. The number of alkyl halides is 3. The second-order valence-corrected chi connectivity index (χ2v) is 3.34. The SMILES string of the molecule is Cc1c(F)cccc1NC(=O)NCC(F)(F)F. The lowest BCUT2D eigenvalue weighted by molar-refractivity contribution is -0.122. The molecule has 0 atom stereocenters. The molecule has 0 aliphatic carbocycles. The van der Waals surface area contributed by atoms with Crippen molar-refractivity contribution in [3.05, 3.63) is 29.6 Å². The summed E-state index contributed by atoms with van der Waals surface area (Å²) in [6.45, 7) is -0.0259. The summed E-state index contributed by atoms with van der Waals surface area (Å²) in [7, 11) is 0. The number of hydrogen-bond acceptors (Lipinski definition) is 1. The number of amides is 2. The van der Waals surface area contributed by atoms with Gasteiger partial charge in [0.1, 0.15) is 12.4 Å². The Balaban J connectivity index is 2.60. The summed E-state index contributed by atoms with van der Waals surface area (Å²) in [6, 6.07) is 2.90. The Hall–Kier alpha value is -1.79. The van der Waals surface area contributed by atoms with Gasteiger partial charge in [-0.25, -0.2) is 9.18 Å². The van der Waals surface area contributed by atoms with Crippen LogP contribution >= 0.6 is 0 Å². The summed E-state index contributed by atoms with van der Waals surface area (Å²) in [5.41, 5.74) is 0.291. The number of anilines is 1. The molecule has 0 aliphatic heterocycles. The van der Waals surface area contributed by atoms with E-state index in [1.54, 1.807) is 5.32 Å². The third-order valence-corrected chi connectivity index (χ3v) is 1.97. The number of benzene rings is 1. The number of urea groups is 1. The maximum absolute atomic E-state index is 13.1. The van der Waals surface area contributed by atoms with Gasteiger partial charge < -0.3 is 10.6 Å². The molecule has 0 radical (unpaired) electrons. The van der Waals surface area contributed by atoms with Crippen molar-refractivity contribution in [1.82, 2.24) is 5.32 Å². The van der Waals surface area contributed by atoms with E-state index >= 15 is 0 Å². The monoisotopic (exact) mass is 250 g/mol. The van der Waals surface area contributed by atoms with Gasteiger partial charge in [0.15, 0.2) is 0 Å². The van der Waals surface area contributed by atoms with E-state index in [1.165, 1.54) is 25.1 Å². The Kier molecular flexibility index (Phi) is 3.93. The van der Waals surface area contributed by atoms with Gasteiger partial charge in [-0.1, -0.05) is 6.07 Å². The zero-order valence-corrected chi connectivity index (χ0v) is 8.86. The van der Waals surface area contributed by atoms with E-state index in [2.05, 4.69) is 5.32 Å². The van der Waals surface area contributed by atoms with Crippen molar-refractivity contribution < 1.29 is 22.4 Å². The van der Waals surface area contributed by atoms with Crippen LogP contribution in [0.5, 0.6) is 0 Å². The standard InChI is InChI=1S/C10H10F4N2O/c1-6-7(11)3-2-4-8(6)16-9(17)15-5-10(12,13)14/h2-4H,5H2,1H3,(H2,15,16,17). The van der Waals surface area contributed by atoms with E-state index in [4.69, 9.17) is 0 Å². The molecule has 94 valence electrons. The fraction of sp³-hybridized carbons (Fsp3) is 0.300. The van der Waals surface area contributed by atoms with Crippen molar-refractivity contribution in [3.63, 3.8) is 0 Å². The van der Waals surface area contributed by atoms with Crippen LogP contribution in [-0.4, -0.2) is 18.8 Å². The largest absolute Gasteiger partial charge is 0.405 e. The molecule has 0 heterocycles. The summed E-state index contributed by atoms with van der Waals surface area (Å²) in [6.07, 6.45) is -4.48. The molecule has 1 aromatic carbocycles. The average molecular weight is 250 g/mol. The Morgan fingerprint density at radius 3 is 2.59 bits per heavy atom. The van der Waals surface area contributed by atoms with Gasteiger partial charge in [0.2, 0.25) is 0 Å². The summed E-state index contributed by atoms with van der Waals surface area (Å²) in [4.78, 5) is 11.1. The second kappa shape index (κ2) is 5.03. The van der Waals surface area contributed by atoms with E-state index in [9.17, 15) is 22.4 Å². The van der Waals surface area contributed by atoms with Gasteiger partial charge in [0, 0.05) is 11.3 Å². The zero-order valence-electron chi connectivity index (χ0n) is 8.86. The lowest BCUT2D eigenvalue weighted by Crippen LogP contribution is -2.36. The lowest BCUT2D eigenvalue weighted by atomic mass is 10.2. The molecule has 3 nitrogen and oxygen atoms in total. The van der Waals surface area contributed by atoms with Crippen molar-refractivity contribution in [2.24, 2.45) is 0 Å². The van der Waals surface area contributed by atoms with Gasteiger partial charge in [-0.05, 0) is 19.1 Å². The summed E-state index contributed by atoms with van der Waals surface area (Å²) in [5, 5.41) is 3.75. The molecule has 1 rings (SSSR count).